The van der Waals surface area contributed by atoms with Crippen LogP contribution in [-0.2, 0) is 16.1 Å². The van der Waals surface area contributed by atoms with Crippen LogP contribution >= 0.6 is 0 Å². The summed E-state index contributed by atoms with van der Waals surface area (Å²) >= 11 is 0. The number of hydrogen-bond acceptors (Lipinski definition) is 5. The predicted octanol–water partition coefficient (Wildman–Crippen LogP) is 1.37. The lowest BCUT2D eigenvalue weighted by Gasteiger charge is -2.32. The van der Waals surface area contributed by atoms with Gasteiger partial charge in [0.1, 0.15) is 25.8 Å². The first-order valence-electron chi connectivity index (χ1n) is 8.29. The second-order valence-electron chi connectivity index (χ2n) is 5.93. The second-order valence-corrected chi connectivity index (χ2v) is 5.93. The number of rotatable bonds is 5. The standard InChI is InChI=1S/C17H21N5O3/c23-16(9-19-17(24)25-11-14-5-2-1-3-6-14)21-8-4-7-15(10-21)22-13-18-12-20-22/h1-3,5-6,12-13,15H,4,7-11H2,(H,19,24)/t15-/m1/s1. The van der Waals surface area contributed by atoms with Gasteiger partial charge < -0.3 is 15.0 Å². The van der Waals surface area contributed by atoms with Crippen LogP contribution in [0.1, 0.15) is 24.4 Å². The van der Waals surface area contributed by atoms with Gasteiger partial charge in [-0.05, 0) is 18.4 Å². The molecule has 1 aromatic heterocycles. The van der Waals surface area contributed by atoms with Gasteiger partial charge >= 0.3 is 6.09 Å². The highest BCUT2D eigenvalue weighted by Gasteiger charge is 2.25. The topological polar surface area (TPSA) is 89.4 Å². The minimum Gasteiger partial charge on any atom is -0.445 e. The number of hydrogen-bond donors (Lipinski definition) is 1. The third-order valence-corrected chi connectivity index (χ3v) is 4.16. The van der Waals surface area contributed by atoms with Crippen molar-refractivity contribution in [1.82, 2.24) is 25.0 Å². The zero-order valence-corrected chi connectivity index (χ0v) is 13.9. The van der Waals surface area contributed by atoms with Crippen LogP contribution in [0.4, 0.5) is 4.79 Å². The Morgan fingerprint density at radius 1 is 1.28 bits per heavy atom. The lowest BCUT2D eigenvalue weighted by atomic mass is 10.1. The first-order valence-corrected chi connectivity index (χ1v) is 8.29. The molecule has 1 N–H and O–H groups in total. The van der Waals surface area contributed by atoms with Crippen LogP contribution in [0.25, 0.3) is 0 Å². The molecule has 1 atom stereocenters. The summed E-state index contributed by atoms with van der Waals surface area (Å²) in [6, 6.07) is 9.52. The Morgan fingerprint density at radius 3 is 2.88 bits per heavy atom. The van der Waals surface area contributed by atoms with Crippen LogP contribution in [0, 0.1) is 0 Å². The maximum Gasteiger partial charge on any atom is 0.407 e. The maximum absolute atomic E-state index is 12.3. The van der Waals surface area contributed by atoms with Gasteiger partial charge in [0.05, 0.1) is 6.04 Å². The SMILES string of the molecule is O=C(NCC(=O)N1CCC[C@@H](n2cncn2)C1)OCc1ccccc1. The highest BCUT2D eigenvalue weighted by atomic mass is 16.5. The number of piperidine rings is 1. The fourth-order valence-corrected chi connectivity index (χ4v) is 2.84. The van der Waals surface area contributed by atoms with Crippen LogP contribution in [0.2, 0.25) is 0 Å². The van der Waals surface area contributed by atoms with E-state index in [1.165, 1.54) is 6.33 Å². The number of likely N-dealkylation sites (tertiary alicyclic amines) is 1. The van der Waals surface area contributed by atoms with Gasteiger partial charge in [-0.15, -0.1) is 0 Å². The van der Waals surface area contributed by atoms with E-state index in [4.69, 9.17) is 4.74 Å². The van der Waals surface area contributed by atoms with E-state index in [1.54, 1.807) is 15.9 Å². The summed E-state index contributed by atoms with van der Waals surface area (Å²) in [7, 11) is 0. The van der Waals surface area contributed by atoms with Crippen LogP contribution in [0.3, 0.4) is 0 Å². The van der Waals surface area contributed by atoms with E-state index >= 15 is 0 Å². The molecular formula is C17H21N5O3. The Labute approximate surface area is 145 Å². The summed E-state index contributed by atoms with van der Waals surface area (Å²) < 4.78 is 6.88. The molecule has 1 fully saturated rings. The smallest absolute Gasteiger partial charge is 0.407 e. The van der Waals surface area contributed by atoms with Gasteiger partial charge in [-0.2, -0.15) is 5.10 Å². The van der Waals surface area contributed by atoms with Crippen LogP contribution < -0.4 is 5.32 Å². The molecule has 1 aliphatic heterocycles. The Hall–Kier alpha value is -2.90. The van der Waals surface area contributed by atoms with Gasteiger partial charge in [-0.3, -0.25) is 4.79 Å². The van der Waals surface area contributed by atoms with Crippen LogP contribution in [-0.4, -0.2) is 51.3 Å². The molecule has 0 bridgehead atoms. The Bertz CT molecular complexity index is 690. The fraction of sp³-hybridized carbons (Fsp3) is 0.412. The summed E-state index contributed by atoms with van der Waals surface area (Å²) in [5.41, 5.74) is 0.899. The highest BCUT2D eigenvalue weighted by molar-refractivity contribution is 5.82. The van der Waals surface area contributed by atoms with E-state index in [-0.39, 0.29) is 25.1 Å². The molecule has 1 saturated heterocycles. The zero-order valence-electron chi connectivity index (χ0n) is 13.9. The largest absolute Gasteiger partial charge is 0.445 e. The number of aromatic nitrogens is 3. The molecule has 0 spiro atoms. The average molecular weight is 343 g/mol. The zero-order chi connectivity index (χ0) is 17.5. The molecule has 2 amide bonds. The van der Waals surface area contributed by atoms with E-state index in [1.807, 2.05) is 30.3 Å². The lowest BCUT2D eigenvalue weighted by Crippen LogP contribution is -2.45. The molecule has 25 heavy (non-hydrogen) atoms. The van der Waals surface area contributed by atoms with E-state index < -0.39 is 6.09 Å². The number of carbonyl (C=O) groups excluding carboxylic acids is 2. The molecule has 0 aliphatic carbocycles. The summed E-state index contributed by atoms with van der Waals surface area (Å²) in [5.74, 6) is -0.124. The maximum atomic E-state index is 12.3. The molecule has 132 valence electrons. The van der Waals surface area contributed by atoms with Gasteiger partial charge in [0.2, 0.25) is 5.91 Å². The van der Waals surface area contributed by atoms with Crippen molar-refractivity contribution in [1.29, 1.82) is 0 Å². The Morgan fingerprint density at radius 2 is 2.12 bits per heavy atom. The molecule has 1 aliphatic rings. The van der Waals surface area contributed by atoms with Crippen LogP contribution in [0.15, 0.2) is 43.0 Å². The van der Waals surface area contributed by atoms with Gasteiger partial charge in [-0.1, -0.05) is 30.3 Å². The van der Waals surface area contributed by atoms with Crippen LogP contribution in [0.5, 0.6) is 0 Å². The number of nitrogens with one attached hydrogen (secondary N) is 1. The second kappa shape index (κ2) is 8.27. The molecule has 0 unspecified atom stereocenters. The first kappa shape index (κ1) is 16.9. The molecule has 2 heterocycles. The first-order chi connectivity index (χ1) is 12.2. The number of benzene rings is 1. The number of nitrogens with zero attached hydrogens (tertiary/aromatic N) is 4. The quantitative estimate of drug-likeness (QED) is 0.885. The highest BCUT2D eigenvalue weighted by Crippen LogP contribution is 2.20. The van der Waals surface area contributed by atoms with E-state index in [9.17, 15) is 9.59 Å². The number of amides is 2. The number of alkyl carbamates (subject to hydrolysis) is 1. The van der Waals surface area contributed by atoms with Crippen molar-refractivity contribution in [3.8, 4) is 0 Å². The van der Waals surface area contributed by atoms with Gasteiger partial charge in [-0.25, -0.2) is 14.5 Å². The van der Waals surface area contributed by atoms with Crippen molar-refractivity contribution >= 4 is 12.0 Å². The van der Waals surface area contributed by atoms with Crippen molar-refractivity contribution in [2.75, 3.05) is 19.6 Å². The van der Waals surface area contributed by atoms with Crippen molar-refractivity contribution < 1.29 is 14.3 Å². The molecular weight excluding hydrogens is 322 g/mol. The van der Waals surface area contributed by atoms with E-state index in [0.717, 1.165) is 18.4 Å². The number of carbonyl (C=O) groups is 2. The average Bonchev–Trinajstić information content (AvgIpc) is 3.20. The molecule has 8 nitrogen and oxygen atoms in total. The van der Waals surface area contributed by atoms with Crippen molar-refractivity contribution in [3.63, 3.8) is 0 Å². The predicted molar refractivity (Wildman–Crippen MR) is 89.5 cm³/mol. The number of ether oxygens (including phenoxy) is 1. The summed E-state index contributed by atoms with van der Waals surface area (Å²) in [6.45, 7) is 1.37. The Balaban J connectivity index is 1.41. The van der Waals surface area contributed by atoms with Crippen molar-refractivity contribution in [2.24, 2.45) is 0 Å². The molecule has 0 saturated carbocycles. The minimum absolute atomic E-state index is 0.0717. The lowest BCUT2D eigenvalue weighted by molar-refractivity contribution is -0.131. The van der Waals surface area contributed by atoms with E-state index in [2.05, 4.69) is 15.4 Å². The molecule has 0 radical (unpaired) electrons. The third-order valence-electron chi connectivity index (χ3n) is 4.16. The molecule has 1 aromatic carbocycles. The van der Waals surface area contributed by atoms with Crippen molar-refractivity contribution in [2.45, 2.75) is 25.5 Å². The van der Waals surface area contributed by atoms with Crippen molar-refractivity contribution in [3.05, 3.63) is 48.5 Å². The monoisotopic (exact) mass is 343 g/mol. The van der Waals surface area contributed by atoms with Gasteiger partial charge in [0, 0.05) is 13.1 Å². The summed E-state index contributed by atoms with van der Waals surface area (Å²) in [4.78, 5) is 29.7. The molecule has 8 heteroatoms. The minimum atomic E-state index is -0.595. The van der Waals surface area contributed by atoms with E-state index in [0.29, 0.717) is 13.1 Å². The normalized spacial score (nSPS) is 17.1. The summed E-state index contributed by atoms with van der Waals surface area (Å²) in [6.07, 6.45) is 4.42. The van der Waals surface area contributed by atoms with Gasteiger partial charge in [0.15, 0.2) is 0 Å². The molecule has 2 aromatic rings. The molecule has 3 rings (SSSR count). The Kier molecular flexibility index (Phi) is 5.61. The fourth-order valence-electron chi connectivity index (χ4n) is 2.84. The third kappa shape index (κ3) is 4.79. The summed E-state index contributed by atoms with van der Waals surface area (Å²) in [5, 5.41) is 6.65. The van der Waals surface area contributed by atoms with Gasteiger partial charge in [0.25, 0.3) is 0 Å².